The van der Waals surface area contributed by atoms with Crippen molar-refractivity contribution in [2.24, 2.45) is 5.92 Å². The predicted molar refractivity (Wildman–Crippen MR) is 57.9 cm³/mol. The van der Waals surface area contributed by atoms with E-state index in [0.29, 0.717) is 0 Å². The van der Waals surface area contributed by atoms with E-state index < -0.39 is 0 Å². The first-order valence-electron chi connectivity index (χ1n) is 4.95. The molecule has 0 amide bonds. The second kappa shape index (κ2) is 6.11. The number of aromatic nitrogens is 1. The molecule has 0 spiro atoms. The zero-order valence-corrected chi connectivity index (χ0v) is 9.23. The van der Waals surface area contributed by atoms with Crippen LogP contribution in [0.1, 0.15) is 31.7 Å². The minimum Gasteiger partial charge on any atom is -0.310 e. The van der Waals surface area contributed by atoms with Gasteiger partial charge >= 0.3 is 0 Å². The Morgan fingerprint density at radius 2 is 2.23 bits per heavy atom. The lowest BCUT2D eigenvalue weighted by Gasteiger charge is -2.11. The Bertz CT molecular complexity index is 205. The Kier molecular flexibility index (Phi) is 5.01. The van der Waals surface area contributed by atoms with Gasteiger partial charge in [0.15, 0.2) is 0 Å². The minimum atomic E-state index is 0.819. The van der Waals surface area contributed by atoms with Gasteiger partial charge in [0.2, 0.25) is 0 Å². The second-order valence-electron chi connectivity index (χ2n) is 3.24. The summed E-state index contributed by atoms with van der Waals surface area (Å²) in [4.78, 5) is 4.22. The van der Waals surface area contributed by atoms with Gasteiger partial charge in [0.05, 0.1) is 0 Å². The number of hydrogen-bond acceptors (Lipinski definition) is 3. The van der Waals surface area contributed by atoms with Crippen LogP contribution >= 0.6 is 11.3 Å². The maximum absolute atomic E-state index is 4.22. The molecule has 0 aliphatic heterocycles. The first-order chi connectivity index (χ1) is 6.36. The van der Waals surface area contributed by atoms with Crippen LogP contribution in [0.5, 0.6) is 0 Å². The van der Waals surface area contributed by atoms with E-state index in [1.807, 2.05) is 11.6 Å². The summed E-state index contributed by atoms with van der Waals surface area (Å²) in [5.74, 6) is 0.819. The summed E-state index contributed by atoms with van der Waals surface area (Å²) >= 11 is 1.72. The number of thiazole rings is 1. The summed E-state index contributed by atoms with van der Waals surface area (Å²) < 4.78 is 0. The molecule has 0 fully saturated rings. The van der Waals surface area contributed by atoms with Crippen molar-refractivity contribution in [3.63, 3.8) is 0 Å². The fraction of sp³-hybridized carbons (Fsp3) is 0.700. The first kappa shape index (κ1) is 10.7. The van der Waals surface area contributed by atoms with Crippen LogP contribution in [0, 0.1) is 5.92 Å². The maximum atomic E-state index is 4.22. The lowest BCUT2D eigenvalue weighted by Crippen LogP contribution is -2.21. The monoisotopic (exact) mass is 198 g/mol. The van der Waals surface area contributed by atoms with E-state index in [4.69, 9.17) is 0 Å². The van der Waals surface area contributed by atoms with E-state index >= 15 is 0 Å². The molecule has 0 unspecified atom stereocenters. The summed E-state index contributed by atoms with van der Waals surface area (Å²) in [6.07, 6.45) is 4.39. The fourth-order valence-electron chi connectivity index (χ4n) is 1.30. The lowest BCUT2D eigenvalue weighted by molar-refractivity contribution is 0.449. The SMILES string of the molecule is CCC(CC)CNCc1nccs1. The largest absolute Gasteiger partial charge is 0.310 e. The normalized spacial score (nSPS) is 11.0. The topological polar surface area (TPSA) is 24.9 Å². The number of nitrogens with zero attached hydrogens (tertiary/aromatic N) is 1. The standard InChI is InChI=1S/C10H18N2S/c1-3-9(4-2)7-11-8-10-12-5-6-13-10/h5-6,9,11H,3-4,7-8H2,1-2H3. The van der Waals surface area contributed by atoms with E-state index in [9.17, 15) is 0 Å². The first-order valence-corrected chi connectivity index (χ1v) is 5.83. The molecule has 1 rings (SSSR count). The van der Waals surface area contributed by atoms with Crippen LogP contribution in [0.25, 0.3) is 0 Å². The highest BCUT2D eigenvalue weighted by molar-refractivity contribution is 7.09. The fourth-order valence-corrected chi connectivity index (χ4v) is 1.89. The van der Waals surface area contributed by atoms with Crippen LogP contribution in [0.2, 0.25) is 0 Å². The van der Waals surface area contributed by atoms with E-state index in [1.165, 1.54) is 17.8 Å². The molecule has 0 saturated carbocycles. The highest BCUT2D eigenvalue weighted by Gasteiger charge is 2.02. The lowest BCUT2D eigenvalue weighted by atomic mass is 10.0. The van der Waals surface area contributed by atoms with Crippen molar-refractivity contribution in [2.75, 3.05) is 6.54 Å². The highest BCUT2D eigenvalue weighted by atomic mass is 32.1. The third-order valence-electron chi connectivity index (χ3n) is 2.35. The Balaban J connectivity index is 2.13. The van der Waals surface area contributed by atoms with Crippen LogP contribution in [0.3, 0.4) is 0 Å². The molecule has 0 aliphatic carbocycles. The molecule has 1 aromatic rings. The molecule has 0 aromatic carbocycles. The van der Waals surface area contributed by atoms with Gasteiger partial charge in [-0.15, -0.1) is 11.3 Å². The van der Waals surface area contributed by atoms with E-state index in [0.717, 1.165) is 19.0 Å². The third-order valence-corrected chi connectivity index (χ3v) is 3.13. The van der Waals surface area contributed by atoms with Crippen LogP contribution in [0.15, 0.2) is 11.6 Å². The van der Waals surface area contributed by atoms with Crippen LogP contribution in [0.4, 0.5) is 0 Å². The van der Waals surface area contributed by atoms with E-state index in [-0.39, 0.29) is 0 Å². The summed E-state index contributed by atoms with van der Waals surface area (Å²) in [5, 5.41) is 6.65. The molecule has 1 N–H and O–H groups in total. The molecular weight excluding hydrogens is 180 g/mol. The van der Waals surface area contributed by atoms with E-state index in [2.05, 4.69) is 24.1 Å². The van der Waals surface area contributed by atoms with Crippen LogP contribution < -0.4 is 5.32 Å². The van der Waals surface area contributed by atoms with Crippen molar-refractivity contribution in [3.8, 4) is 0 Å². The number of hydrogen-bond donors (Lipinski definition) is 1. The minimum absolute atomic E-state index is 0.819. The summed E-state index contributed by atoms with van der Waals surface area (Å²) in [6, 6.07) is 0. The second-order valence-corrected chi connectivity index (χ2v) is 4.22. The van der Waals surface area contributed by atoms with Crippen molar-refractivity contribution in [1.82, 2.24) is 10.3 Å². The number of nitrogens with one attached hydrogen (secondary N) is 1. The molecule has 1 aromatic heterocycles. The molecule has 0 atom stereocenters. The molecule has 0 saturated heterocycles. The molecule has 0 bridgehead atoms. The Morgan fingerprint density at radius 3 is 2.77 bits per heavy atom. The Hall–Kier alpha value is -0.410. The van der Waals surface area contributed by atoms with Crippen molar-refractivity contribution in [2.45, 2.75) is 33.2 Å². The van der Waals surface area contributed by atoms with Crippen molar-refractivity contribution in [1.29, 1.82) is 0 Å². The molecular formula is C10H18N2S. The van der Waals surface area contributed by atoms with E-state index in [1.54, 1.807) is 11.3 Å². The smallest absolute Gasteiger partial charge is 0.106 e. The van der Waals surface area contributed by atoms with Gasteiger partial charge in [0, 0.05) is 18.1 Å². The molecule has 1 heterocycles. The van der Waals surface area contributed by atoms with Crippen molar-refractivity contribution in [3.05, 3.63) is 16.6 Å². The van der Waals surface area contributed by atoms with Gasteiger partial charge < -0.3 is 5.32 Å². The van der Waals surface area contributed by atoms with Crippen molar-refractivity contribution < 1.29 is 0 Å². The Labute approximate surface area is 84.4 Å². The summed E-state index contributed by atoms with van der Waals surface area (Å²) in [7, 11) is 0. The van der Waals surface area contributed by atoms with Gasteiger partial charge in [-0.05, 0) is 12.5 Å². The molecule has 13 heavy (non-hydrogen) atoms. The van der Waals surface area contributed by atoms with Gasteiger partial charge in [-0.2, -0.15) is 0 Å². The third kappa shape index (κ3) is 3.87. The van der Waals surface area contributed by atoms with Crippen LogP contribution in [-0.2, 0) is 6.54 Å². The molecule has 3 heteroatoms. The molecule has 0 aliphatic rings. The number of rotatable bonds is 6. The zero-order valence-electron chi connectivity index (χ0n) is 8.42. The highest BCUT2D eigenvalue weighted by Crippen LogP contribution is 2.07. The molecule has 74 valence electrons. The average Bonchev–Trinajstić information content (AvgIpc) is 2.65. The van der Waals surface area contributed by atoms with Crippen molar-refractivity contribution >= 4 is 11.3 Å². The van der Waals surface area contributed by atoms with Gasteiger partial charge in [0.1, 0.15) is 5.01 Å². The van der Waals surface area contributed by atoms with Gasteiger partial charge in [-0.3, -0.25) is 0 Å². The predicted octanol–water partition coefficient (Wildman–Crippen LogP) is 2.67. The zero-order chi connectivity index (χ0) is 9.52. The maximum Gasteiger partial charge on any atom is 0.106 e. The van der Waals surface area contributed by atoms with Gasteiger partial charge in [-0.1, -0.05) is 26.7 Å². The molecule has 2 nitrogen and oxygen atoms in total. The van der Waals surface area contributed by atoms with Crippen LogP contribution in [-0.4, -0.2) is 11.5 Å². The summed E-state index contributed by atoms with van der Waals surface area (Å²) in [5.41, 5.74) is 0. The molecule has 0 radical (unpaired) electrons. The average molecular weight is 198 g/mol. The Morgan fingerprint density at radius 1 is 1.46 bits per heavy atom. The van der Waals surface area contributed by atoms with Gasteiger partial charge in [0.25, 0.3) is 0 Å². The van der Waals surface area contributed by atoms with Gasteiger partial charge in [-0.25, -0.2) is 4.98 Å². The quantitative estimate of drug-likeness (QED) is 0.760. The summed E-state index contributed by atoms with van der Waals surface area (Å²) in [6.45, 7) is 6.54.